The highest BCUT2D eigenvalue weighted by molar-refractivity contribution is 6.03. The highest BCUT2D eigenvalue weighted by Gasteiger charge is 2.31. The summed E-state index contributed by atoms with van der Waals surface area (Å²) in [4.78, 5) is 42.7. The van der Waals surface area contributed by atoms with Crippen molar-refractivity contribution < 1.29 is 18.7 Å². The number of hydrogen-bond donors (Lipinski definition) is 2. The molecule has 11 heteroatoms. The number of aromatic amines is 1. The zero-order chi connectivity index (χ0) is 23.7. The zero-order valence-corrected chi connectivity index (χ0v) is 18.1. The van der Waals surface area contributed by atoms with Crippen molar-refractivity contribution in [3.63, 3.8) is 0 Å². The van der Waals surface area contributed by atoms with E-state index in [0.29, 0.717) is 23.5 Å². The summed E-state index contributed by atoms with van der Waals surface area (Å²) in [5.74, 6) is -0.988. The van der Waals surface area contributed by atoms with E-state index >= 15 is 0 Å². The summed E-state index contributed by atoms with van der Waals surface area (Å²) in [6, 6.07) is 13.8. The number of H-pyrrole nitrogens is 1. The minimum Gasteiger partial charge on any atom is -0.489 e. The molecule has 0 bridgehead atoms. The van der Waals surface area contributed by atoms with E-state index in [2.05, 4.69) is 20.5 Å². The van der Waals surface area contributed by atoms with Crippen LogP contribution in [-0.4, -0.2) is 51.3 Å². The molecule has 172 valence electrons. The summed E-state index contributed by atoms with van der Waals surface area (Å²) in [6.45, 7) is 0.520. The van der Waals surface area contributed by atoms with E-state index in [1.54, 1.807) is 42.3 Å². The number of benzene rings is 2. The summed E-state index contributed by atoms with van der Waals surface area (Å²) in [6.07, 6.45) is 3.21. The monoisotopic (exact) mass is 460 g/mol. The number of imidazole rings is 1. The van der Waals surface area contributed by atoms with Crippen LogP contribution in [0.1, 0.15) is 16.1 Å². The maximum absolute atomic E-state index is 13.1. The molecular weight excluding hydrogens is 440 g/mol. The van der Waals surface area contributed by atoms with Gasteiger partial charge in [0.2, 0.25) is 5.89 Å². The molecule has 2 N–H and O–H groups in total. The van der Waals surface area contributed by atoms with Gasteiger partial charge in [-0.25, -0.2) is 14.9 Å². The molecule has 0 saturated carbocycles. The molecule has 0 spiro atoms. The number of nitrogens with one attached hydrogen (secondary N) is 2. The number of carbonyl (C=O) groups excluding carboxylic acids is 2. The molecule has 4 aromatic rings. The molecule has 0 saturated heterocycles. The van der Waals surface area contributed by atoms with Gasteiger partial charge in [-0.3, -0.25) is 9.59 Å². The van der Waals surface area contributed by atoms with Gasteiger partial charge in [0.25, 0.3) is 11.8 Å². The normalized spacial score (nSPS) is 15.4. The van der Waals surface area contributed by atoms with Crippen LogP contribution in [0.3, 0.4) is 0 Å². The highest BCUT2D eigenvalue weighted by Crippen LogP contribution is 2.34. The SMILES string of the molecule is CN1C(=O)[C@@H](NC(=O)c2cn(Cc3ccccc3)cn2)COc2ccc(-c3n[nH]c(=O)o3)cc21. The number of ether oxygens (including phenoxy) is 1. The number of fused-ring (bicyclic) bond motifs is 1. The smallest absolute Gasteiger partial charge is 0.434 e. The predicted molar refractivity (Wildman–Crippen MR) is 120 cm³/mol. The fourth-order valence-corrected chi connectivity index (χ4v) is 3.68. The Morgan fingerprint density at radius 3 is 2.79 bits per heavy atom. The lowest BCUT2D eigenvalue weighted by Gasteiger charge is -2.20. The number of aromatic nitrogens is 4. The number of carbonyl (C=O) groups is 2. The molecule has 1 aliphatic rings. The Morgan fingerprint density at radius 2 is 2.03 bits per heavy atom. The standard InChI is InChI=1S/C23H20N6O5/c1-28-18-9-15(21-26-27-23(32)34-21)7-8-19(18)33-12-17(22(28)31)25-20(30)16-11-29(13-24-16)10-14-5-3-2-4-6-14/h2-9,11,13,17H,10,12H2,1H3,(H,25,30)(H,27,32)/t17-/m0/s1. The number of likely N-dealkylation sites (N-methyl/N-ethyl adjacent to an activating group) is 1. The Balaban J connectivity index is 1.30. The average Bonchev–Trinajstić information content (AvgIpc) is 3.48. The molecule has 2 amide bonds. The van der Waals surface area contributed by atoms with Crippen LogP contribution in [0, 0.1) is 0 Å². The van der Waals surface area contributed by atoms with E-state index < -0.39 is 17.7 Å². The van der Waals surface area contributed by atoms with Gasteiger partial charge in [-0.2, -0.15) is 0 Å². The summed E-state index contributed by atoms with van der Waals surface area (Å²) in [5.41, 5.74) is 2.22. The molecule has 1 aliphatic heterocycles. The van der Waals surface area contributed by atoms with Gasteiger partial charge in [-0.05, 0) is 23.8 Å². The Labute approximate surface area is 193 Å². The van der Waals surface area contributed by atoms with Crippen LogP contribution in [0.15, 0.2) is 70.3 Å². The van der Waals surface area contributed by atoms with Gasteiger partial charge in [0.05, 0.1) is 12.0 Å². The Kier molecular flexibility index (Phi) is 5.42. The first-order chi connectivity index (χ1) is 16.5. The topological polar surface area (TPSA) is 135 Å². The number of anilines is 1. The molecule has 0 aliphatic carbocycles. The first-order valence-corrected chi connectivity index (χ1v) is 10.4. The third-order valence-corrected chi connectivity index (χ3v) is 5.42. The maximum atomic E-state index is 13.1. The largest absolute Gasteiger partial charge is 0.489 e. The van der Waals surface area contributed by atoms with Crippen molar-refractivity contribution in [2.24, 2.45) is 0 Å². The molecule has 1 atom stereocenters. The van der Waals surface area contributed by atoms with Crippen molar-refractivity contribution in [3.05, 3.63) is 82.9 Å². The summed E-state index contributed by atoms with van der Waals surface area (Å²) < 4.78 is 12.6. The zero-order valence-electron chi connectivity index (χ0n) is 18.1. The fraction of sp³-hybridized carbons (Fsp3) is 0.174. The van der Waals surface area contributed by atoms with E-state index in [0.717, 1.165) is 5.56 Å². The van der Waals surface area contributed by atoms with Crippen molar-refractivity contribution in [2.45, 2.75) is 12.6 Å². The third-order valence-electron chi connectivity index (χ3n) is 5.42. The van der Waals surface area contributed by atoms with Gasteiger partial charge in [0.1, 0.15) is 24.1 Å². The minimum atomic E-state index is -0.920. The molecule has 2 aromatic heterocycles. The maximum Gasteiger partial charge on any atom is 0.434 e. The lowest BCUT2D eigenvalue weighted by Crippen LogP contribution is -2.49. The van der Waals surface area contributed by atoms with E-state index in [9.17, 15) is 14.4 Å². The van der Waals surface area contributed by atoms with Crippen LogP contribution in [0.25, 0.3) is 11.5 Å². The lowest BCUT2D eigenvalue weighted by molar-refractivity contribution is -0.120. The van der Waals surface area contributed by atoms with Gasteiger partial charge in [0.15, 0.2) is 0 Å². The van der Waals surface area contributed by atoms with Crippen molar-refractivity contribution in [3.8, 4) is 17.2 Å². The molecular formula is C23H20N6O5. The second-order valence-electron chi connectivity index (χ2n) is 7.75. The first-order valence-electron chi connectivity index (χ1n) is 10.4. The number of amides is 2. The quantitative estimate of drug-likeness (QED) is 0.460. The third kappa shape index (κ3) is 4.18. The van der Waals surface area contributed by atoms with Gasteiger partial charge in [0, 0.05) is 25.4 Å². The molecule has 34 heavy (non-hydrogen) atoms. The van der Waals surface area contributed by atoms with Crippen molar-refractivity contribution in [1.29, 1.82) is 0 Å². The summed E-state index contributed by atoms with van der Waals surface area (Å²) in [5, 5.41) is 8.71. The Bertz CT molecular complexity index is 1410. The van der Waals surface area contributed by atoms with Crippen LogP contribution in [0.2, 0.25) is 0 Å². The van der Waals surface area contributed by atoms with Crippen LogP contribution in [0.4, 0.5) is 5.69 Å². The Hall–Kier alpha value is -4.67. The van der Waals surface area contributed by atoms with Crippen molar-refractivity contribution in [2.75, 3.05) is 18.6 Å². The molecule has 0 unspecified atom stereocenters. The molecule has 11 nitrogen and oxygen atoms in total. The number of hydrogen-bond acceptors (Lipinski definition) is 7. The molecule has 5 rings (SSSR count). The molecule has 3 heterocycles. The van der Waals surface area contributed by atoms with Gasteiger partial charge < -0.3 is 23.9 Å². The van der Waals surface area contributed by atoms with Gasteiger partial charge >= 0.3 is 5.76 Å². The van der Waals surface area contributed by atoms with Crippen molar-refractivity contribution in [1.82, 2.24) is 25.1 Å². The molecule has 0 radical (unpaired) electrons. The highest BCUT2D eigenvalue weighted by atomic mass is 16.5. The first kappa shape index (κ1) is 21.2. The molecule has 0 fully saturated rings. The van der Waals surface area contributed by atoms with E-state index in [1.165, 1.54) is 4.90 Å². The van der Waals surface area contributed by atoms with Gasteiger partial charge in [-0.15, -0.1) is 5.10 Å². The lowest BCUT2D eigenvalue weighted by atomic mass is 10.1. The van der Waals surface area contributed by atoms with Crippen LogP contribution in [0.5, 0.6) is 5.75 Å². The minimum absolute atomic E-state index is 0.0521. The predicted octanol–water partition coefficient (Wildman–Crippen LogP) is 1.43. The van der Waals surface area contributed by atoms with Gasteiger partial charge in [-0.1, -0.05) is 30.3 Å². The Morgan fingerprint density at radius 1 is 1.21 bits per heavy atom. The fourth-order valence-electron chi connectivity index (χ4n) is 3.68. The van der Waals surface area contributed by atoms with E-state index in [1.807, 2.05) is 30.3 Å². The van der Waals surface area contributed by atoms with E-state index in [-0.39, 0.29) is 24.1 Å². The number of nitrogens with zero attached hydrogens (tertiary/aromatic N) is 4. The summed E-state index contributed by atoms with van der Waals surface area (Å²) >= 11 is 0. The van der Waals surface area contributed by atoms with Crippen LogP contribution < -0.4 is 20.7 Å². The van der Waals surface area contributed by atoms with E-state index in [4.69, 9.17) is 9.15 Å². The second-order valence-corrected chi connectivity index (χ2v) is 7.75. The average molecular weight is 460 g/mol. The second kappa shape index (κ2) is 8.70. The van der Waals surface area contributed by atoms with Crippen molar-refractivity contribution >= 4 is 17.5 Å². The van der Waals surface area contributed by atoms with Crippen LogP contribution in [-0.2, 0) is 11.3 Å². The summed E-state index contributed by atoms with van der Waals surface area (Å²) in [7, 11) is 1.58. The molecule has 2 aromatic carbocycles. The number of rotatable bonds is 5. The van der Waals surface area contributed by atoms with Crippen LogP contribution >= 0.6 is 0 Å².